The van der Waals surface area contributed by atoms with E-state index in [1.165, 1.54) is 14.2 Å². The molecule has 1 aromatic carbocycles. The third kappa shape index (κ3) is 3.01. The maximum atomic E-state index is 12.3. The zero-order chi connectivity index (χ0) is 17.9. The van der Waals surface area contributed by atoms with Gasteiger partial charge in [0.05, 0.1) is 42.9 Å². The van der Waals surface area contributed by atoms with Gasteiger partial charge in [0.2, 0.25) is 0 Å². The SMILES string of the molecule is COC(=O)C1=C(C)NC(C)=C(C(=O)OC)C1c1ccc(C#N)cc1. The number of nitrogens with one attached hydrogen (secondary N) is 1. The number of allylic oxidation sites excluding steroid dienone is 2. The van der Waals surface area contributed by atoms with Crippen LogP contribution in [0, 0.1) is 11.3 Å². The van der Waals surface area contributed by atoms with Crippen LogP contribution in [0.4, 0.5) is 0 Å². The Morgan fingerprint density at radius 3 is 1.83 bits per heavy atom. The Balaban J connectivity index is 2.67. The molecule has 0 saturated heterocycles. The van der Waals surface area contributed by atoms with Gasteiger partial charge in [-0.05, 0) is 31.5 Å². The standard InChI is InChI=1S/C18H18N2O4/c1-10-14(17(21)23-3)16(13-7-5-12(9-19)6-8-13)15(11(2)20-10)18(22)24-4/h5-8,16,20H,1-4H3. The number of carbonyl (C=O) groups excluding carboxylic acids is 2. The summed E-state index contributed by atoms with van der Waals surface area (Å²) in [5, 5.41) is 12.0. The Kier molecular flexibility index (Phi) is 5.05. The number of nitrogens with zero attached hydrogens (tertiary/aromatic N) is 1. The predicted molar refractivity (Wildman–Crippen MR) is 86.5 cm³/mol. The van der Waals surface area contributed by atoms with Crippen molar-refractivity contribution in [2.75, 3.05) is 14.2 Å². The van der Waals surface area contributed by atoms with E-state index < -0.39 is 17.9 Å². The van der Waals surface area contributed by atoms with Gasteiger partial charge >= 0.3 is 11.9 Å². The van der Waals surface area contributed by atoms with Crippen molar-refractivity contribution in [1.29, 1.82) is 5.26 Å². The third-order valence-corrected chi connectivity index (χ3v) is 3.94. The number of esters is 2. The maximum absolute atomic E-state index is 12.3. The average Bonchev–Trinajstić information content (AvgIpc) is 2.60. The van der Waals surface area contributed by atoms with Crippen molar-refractivity contribution < 1.29 is 19.1 Å². The van der Waals surface area contributed by atoms with Gasteiger partial charge in [-0.2, -0.15) is 5.26 Å². The van der Waals surface area contributed by atoms with E-state index in [0.717, 1.165) is 0 Å². The molecule has 6 heteroatoms. The van der Waals surface area contributed by atoms with Crippen molar-refractivity contribution in [2.24, 2.45) is 0 Å². The number of methoxy groups -OCH3 is 2. The van der Waals surface area contributed by atoms with Gasteiger partial charge in [-0.1, -0.05) is 12.1 Å². The van der Waals surface area contributed by atoms with Gasteiger partial charge in [-0.3, -0.25) is 0 Å². The highest BCUT2D eigenvalue weighted by Crippen LogP contribution is 2.39. The van der Waals surface area contributed by atoms with E-state index in [2.05, 4.69) is 5.32 Å². The minimum Gasteiger partial charge on any atom is -0.466 e. The van der Waals surface area contributed by atoms with Crippen LogP contribution in [0.3, 0.4) is 0 Å². The van der Waals surface area contributed by atoms with Crippen LogP contribution in [-0.2, 0) is 19.1 Å². The van der Waals surface area contributed by atoms with E-state index in [1.807, 2.05) is 6.07 Å². The Labute approximate surface area is 140 Å². The van der Waals surface area contributed by atoms with Crippen LogP contribution in [-0.4, -0.2) is 26.2 Å². The van der Waals surface area contributed by atoms with Crippen molar-refractivity contribution in [3.8, 4) is 6.07 Å². The van der Waals surface area contributed by atoms with E-state index >= 15 is 0 Å². The number of benzene rings is 1. The molecule has 1 N–H and O–H groups in total. The number of dihydropyridines is 1. The minimum absolute atomic E-state index is 0.341. The summed E-state index contributed by atoms with van der Waals surface area (Å²) in [4.78, 5) is 24.6. The topological polar surface area (TPSA) is 88.4 Å². The maximum Gasteiger partial charge on any atom is 0.336 e. The van der Waals surface area contributed by atoms with Gasteiger partial charge < -0.3 is 14.8 Å². The summed E-state index contributed by atoms with van der Waals surface area (Å²) < 4.78 is 9.78. The van der Waals surface area contributed by atoms with Crippen molar-refractivity contribution >= 4 is 11.9 Å². The third-order valence-electron chi connectivity index (χ3n) is 3.94. The van der Waals surface area contributed by atoms with E-state index in [0.29, 0.717) is 33.7 Å². The molecule has 0 amide bonds. The Morgan fingerprint density at radius 1 is 1.00 bits per heavy atom. The minimum atomic E-state index is -0.626. The molecule has 6 nitrogen and oxygen atoms in total. The predicted octanol–water partition coefficient (Wildman–Crippen LogP) is 2.14. The van der Waals surface area contributed by atoms with Gasteiger partial charge in [-0.15, -0.1) is 0 Å². The van der Waals surface area contributed by atoms with Crippen LogP contribution in [0.5, 0.6) is 0 Å². The summed E-state index contributed by atoms with van der Waals surface area (Å²) in [6, 6.07) is 8.78. The zero-order valence-electron chi connectivity index (χ0n) is 14.0. The van der Waals surface area contributed by atoms with Crippen LogP contribution in [0.25, 0.3) is 0 Å². The monoisotopic (exact) mass is 326 g/mol. The molecule has 0 spiro atoms. The highest BCUT2D eigenvalue weighted by molar-refractivity contribution is 5.99. The number of carbonyl (C=O) groups is 2. The van der Waals surface area contributed by atoms with E-state index in [9.17, 15) is 9.59 Å². The lowest BCUT2D eigenvalue weighted by Gasteiger charge is -2.30. The lowest BCUT2D eigenvalue weighted by Crippen LogP contribution is -2.32. The van der Waals surface area contributed by atoms with E-state index in [4.69, 9.17) is 14.7 Å². The molecular weight excluding hydrogens is 308 g/mol. The lowest BCUT2D eigenvalue weighted by atomic mass is 9.80. The molecule has 124 valence electrons. The molecule has 1 aliphatic heterocycles. The summed E-state index contributed by atoms with van der Waals surface area (Å²) in [7, 11) is 2.59. The molecule has 0 aromatic heterocycles. The molecule has 1 aromatic rings. The van der Waals surface area contributed by atoms with Crippen molar-refractivity contribution in [3.63, 3.8) is 0 Å². The fourth-order valence-corrected chi connectivity index (χ4v) is 2.84. The van der Waals surface area contributed by atoms with Crippen LogP contribution >= 0.6 is 0 Å². The highest BCUT2D eigenvalue weighted by Gasteiger charge is 2.37. The summed E-state index contributed by atoms with van der Waals surface area (Å²) >= 11 is 0. The molecule has 0 saturated carbocycles. The lowest BCUT2D eigenvalue weighted by molar-refractivity contribution is -0.137. The van der Waals surface area contributed by atoms with Gasteiger partial charge in [0.1, 0.15) is 0 Å². The van der Waals surface area contributed by atoms with Crippen LogP contribution in [0.2, 0.25) is 0 Å². The Bertz CT molecular complexity index is 744. The normalized spacial score (nSPS) is 14.8. The van der Waals surface area contributed by atoms with Gasteiger partial charge in [0, 0.05) is 11.4 Å². The number of rotatable bonds is 3. The largest absolute Gasteiger partial charge is 0.466 e. The second-order valence-corrected chi connectivity index (χ2v) is 5.35. The van der Waals surface area contributed by atoms with Crippen LogP contribution < -0.4 is 5.32 Å². The summed E-state index contributed by atoms with van der Waals surface area (Å²) in [6.45, 7) is 3.50. The molecule has 0 fully saturated rings. The summed E-state index contributed by atoms with van der Waals surface area (Å²) in [5.74, 6) is -1.68. The first kappa shape index (κ1) is 17.3. The molecule has 0 radical (unpaired) electrons. The van der Waals surface area contributed by atoms with Crippen molar-refractivity contribution in [1.82, 2.24) is 5.32 Å². The molecule has 0 unspecified atom stereocenters. The summed E-state index contributed by atoms with van der Waals surface area (Å²) in [6.07, 6.45) is 0. The molecule has 1 heterocycles. The molecule has 0 atom stereocenters. The first-order valence-corrected chi connectivity index (χ1v) is 7.29. The number of ether oxygens (including phenoxy) is 2. The number of nitriles is 1. The van der Waals surface area contributed by atoms with Crippen LogP contribution in [0.15, 0.2) is 46.8 Å². The van der Waals surface area contributed by atoms with Gasteiger partial charge in [-0.25, -0.2) is 9.59 Å². The molecule has 0 bridgehead atoms. The zero-order valence-corrected chi connectivity index (χ0v) is 14.0. The Hall–Kier alpha value is -3.07. The van der Waals surface area contributed by atoms with Gasteiger partial charge in [0.15, 0.2) is 0 Å². The number of hydrogen-bond acceptors (Lipinski definition) is 6. The second kappa shape index (κ2) is 7.01. The van der Waals surface area contributed by atoms with Gasteiger partial charge in [0.25, 0.3) is 0 Å². The fourth-order valence-electron chi connectivity index (χ4n) is 2.84. The smallest absolute Gasteiger partial charge is 0.336 e. The molecule has 24 heavy (non-hydrogen) atoms. The first-order valence-electron chi connectivity index (χ1n) is 7.29. The molecular formula is C18H18N2O4. The van der Waals surface area contributed by atoms with E-state index in [-0.39, 0.29) is 0 Å². The fraction of sp³-hybridized carbons (Fsp3) is 0.278. The molecule has 1 aliphatic rings. The number of hydrogen-bond donors (Lipinski definition) is 1. The first-order chi connectivity index (χ1) is 11.4. The van der Waals surface area contributed by atoms with E-state index in [1.54, 1.807) is 38.1 Å². The molecule has 0 aliphatic carbocycles. The average molecular weight is 326 g/mol. The van der Waals surface area contributed by atoms with Crippen molar-refractivity contribution in [3.05, 3.63) is 57.9 Å². The second-order valence-electron chi connectivity index (χ2n) is 5.35. The highest BCUT2D eigenvalue weighted by atomic mass is 16.5. The van der Waals surface area contributed by atoms with Crippen molar-refractivity contribution in [2.45, 2.75) is 19.8 Å². The Morgan fingerprint density at radius 2 is 1.46 bits per heavy atom. The summed E-state index contributed by atoms with van der Waals surface area (Å²) in [5.41, 5.74) is 3.10. The van der Waals surface area contributed by atoms with Crippen LogP contribution in [0.1, 0.15) is 30.9 Å². The quantitative estimate of drug-likeness (QED) is 0.856. The molecule has 2 rings (SSSR count).